The predicted molar refractivity (Wildman–Crippen MR) is 67.5 cm³/mol. The molecule has 1 aromatic heterocycles. The van der Waals surface area contributed by atoms with Crippen molar-refractivity contribution < 1.29 is 9.18 Å². The van der Waals surface area contributed by atoms with Crippen molar-refractivity contribution in [1.29, 1.82) is 0 Å². The van der Waals surface area contributed by atoms with E-state index in [0.717, 1.165) is 0 Å². The minimum absolute atomic E-state index is 0.0233. The van der Waals surface area contributed by atoms with Crippen molar-refractivity contribution >= 4 is 18.5 Å². The van der Waals surface area contributed by atoms with Crippen molar-refractivity contribution in [2.24, 2.45) is 0 Å². The molecule has 0 aliphatic carbocycles. The van der Waals surface area contributed by atoms with Crippen molar-refractivity contribution in [2.75, 3.05) is 12.3 Å². The van der Waals surface area contributed by atoms with Gasteiger partial charge in [-0.1, -0.05) is 5.21 Å². The summed E-state index contributed by atoms with van der Waals surface area (Å²) in [5.74, 6) is -0.546. The summed E-state index contributed by atoms with van der Waals surface area (Å²) in [5.41, 5.74) is 0.551. The van der Waals surface area contributed by atoms with Gasteiger partial charge in [0.15, 0.2) is 0 Å². The second kappa shape index (κ2) is 5.63. The fourth-order valence-electron chi connectivity index (χ4n) is 1.44. The van der Waals surface area contributed by atoms with Crippen LogP contribution in [0.2, 0.25) is 0 Å². The number of aromatic nitrogens is 3. The van der Waals surface area contributed by atoms with E-state index in [1.54, 1.807) is 6.20 Å². The number of halogens is 1. The highest BCUT2D eigenvalue weighted by molar-refractivity contribution is 7.80. The van der Waals surface area contributed by atoms with Crippen molar-refractivity contribution in [3.63, 3.8) is 0 Å². The maximum Gasteiger partial charge on any atom is 0.254 e. The Kier molecular flexibility index (Phi) is 3.93. The number of carbonyl (C=O) groups is 1. The smallest absolute Gasteiger partial charge is 0.254 e. The van der Waals surface area contributed by atoms with Crippen LogP contribution in [0.3, 0.4) is 0 Å². The highest BCUT2D eigenvalue weighted by Crippen LogP contribution is 2.13. The Morgan fingerprint density at radius 3 is 3.00 bits per heavy atom. The third-order valence-electron chi connectivity index (χ3n) is 2.28. The minimum Gasteiger partial charge on any atom is -0.351 e. The summed E-state index contributed by atoms with van der Waals surface area (Å²) in [4.78, 5) is 11.7. The first-order chi connectivity index (χ1) is 8.72. The molecule has 1 heterocycles. The Hall–Kier alpha value is -1.89. The highest BCUT2D eigenvalue weighted by atomic mass is 32.1. The van der Waals surface area contributed by atoms with Crippen LogP contribution in [-0.2, 0) is 0 Å². The molecule has 1 amide bonds. The van der Waals surface area contributed by atoms with E-state index in [-0.39, 0.29) is 5.56 Å². The standard InChI is InChI=1S/C11H11FN4OS/c12-10-2-1-8(16-5-3-14-15-16)7-9(10)11(17)13-4-6-18/h1-3,5,7,18H,4,6H2,(H,13,17). The van der Waals surface area contributed by atoms with Crippen molar-refractivity contribution in [3.8, 4) is 5.69 Å². The molecule has 0 saturated carbocycles. The van der Waals surface area contributed by atoms with E-state index >= 15 is 0 Å². The quantitative estimate of drug-likeness (QED) is 0.814. The lowest BCUT2D eigenvalue weighted by Crippen LogP contribution is -2.26. The van der Waals surface area contributed by atoms with Gasteiger partial charge in [0.1, 0.15) is 5.82 Å². The van der Waals surface area contributed by atoms with Crippen molar-refractivity contribution in [3.05, 3.63) is 42.0 Å². The first kappa shape index (κ1) is 12.6. The van der Waals surface area contributed by atoms with E-state index in [9.17, 15) is 9.18 Å². The second-order valence-electron chi connectivity index (χ2n) is 3.49. The van der Waals surface area contributed by atoms with Crippen LogP contribution in [0.25, 0.3) is 5.69 Å². The van der Waals surface area contributed by atoms with Crippen molar-refractivity contribution in [1.82, 2.24) is 20.3 Å². The van der Waals surface area contributed by atoms with Gasteiger partial charge in [-0.05, 0) is 18.2 Å². The van der Waals surface area contributed by atoms with Gasteiger partial charge in [-0.15, -0.1) is 5.10 Å². The third kappa shape index (κ3) is 2.67. The largest absolute Gasteiger partial charge is 0.351 e. The summed E-state index contributed by atoms with van der Waals surface area (Å²) in [6.07, 6.45) is 3.12. The molecule has 5 nitrogen and oxygen atoms in total. The lowest BCUT2D eigenvalue weighted by Gasteiger charge is -2.07. The molecule has 0 aliphatic rings. The molecule has 0 fully saturated rings. The number of rotatable bonds is 4. The molecule has 7 heteroatoms. The lowest BCUT2D eigenvalue weighted by atomic mass is 10.1. The van der Waals surface area contributed by atoms with E-state index < -0.39 is 11.7 Å². The SMILES string of the molecule is O=C(NCCS)c1cc(-n2ccnn2)ccc1F. The first-order valence-electron chi connectivity index (χ1n) is 5.27. The molecule has 0 radical (unpaired) electrons. The molecular formula is C11H11FN4OS. The fourth-order valence-corrected chi connectivity index (χ4v) is 1.55. The maximum atomic E-state index is 13.6. The van der Waals surface area contributed by atoms with E-state index in [4.69, 9.17) is 0 Å². The summed E-state index contributed by atoms with van der Waals surface area (Å²) >= 11 is 3.97. The Morgan fingerprint density at radius 2 is 2.33 bits per heavy atom. The molecule has 18 heavy (non-hydrogen) atoms. The third-order valence-corrected chi connectivity index (χ3v) is 2.50. The second-order valence-corrected chi connectivity index (χ2v) is 3.94. The number of hydrogen-bond acceptors (Lipinski definition) is 4. The van der Waals surface area contributed by atoms with Gasteiger partial charge in [0.2, 0.25) is 0 Å². The summed E-state index contributed by atoms with van der Waals surface area (Å²) in [6, 6.07) is 4.18. The first-order valence-corrected chi connectivity index (χ1v) is 5.91. The molecule has 2 rings (SSSR count). The van der Waals surface area contributed by atoms with Crippen LogP contribution >= 0.6 is 12.6 Å². The molecule has 0 spiro atoms. The Morgan fingerprint density at radius 1 is 1.50 bits per heavy atom. The zero-order valence-corrected chi connectivity index (χ0v) is 10.3. The highest BCUT2D eigenvalue weighted by Gasteiger charge is 2.12. The molecule has 0 saturated heterocycles. The van der Waals surface area contributed by atoms with E-state index in [0.29, 0.717) is 18.0 Å². The summed E-state index contributed by atoms with van der Waals surface area (Å²) < 4.78 is 15.0. The zero-order chi connectivity index (χ0) is 13.0. The zero-order valence-electron chi connectivity index (χ0n) is 9.38. The molecule has 2 aromatic rings. The van der Waals surface area contributed by atoms with Crippen LogP contribution < -0.4 is 5.32 Å². The van der Waals surface area contributed by atoms with Crippen LogP contribution in [0.15, 0.2) is 30.6 Å². The molecule has 1 N–H and O–H groups in total. The Bertz CT molecular complexity index is 544. The van der Waals surface area contributed by atoms with Gasteiger partial charge in [0.05, 0.1) is 23.6 Å². The van der Waals surface area contributed by atoms with E-state index in [1.165, 1.54) is 29.1 Å². The summed E-state index contributed by atoms with van der Waals surface area (Å²) in [6.45, 7) is 0.384. The van der Waals surface area contributed by atoms with Gasteiger partial charge in [-0.2, -0.15) is 12.6 Å². The molecule has 0 unspecified atom stereocenters. The molecule has 0 bridgehead atoms. The van der Waals surface area contributed by atoms with Gasteiger partial charge < -0.3 is 5.32 Å². The van der Waals surface area contributed by atoms with Crippen LogP contribution in [0, 0.1) is 5.82 Å². The van der Waals surface area contributed by atoms with Crippen LogP contribution in [0.4, 0.5) is 4.39 Å². The monoisotopic (exact) mass is 266 g/mol. The molecule has 0 aliphatic heterocycles. The summed E-state index contributed by atoms with van der Waals surface area (Å²) in [7, 11) is 0. The Balaban J connectivity index is 2.30. The van der Waals surface area contributed by atoms with Crippen molar-refractivity contribution in [2.45, 2.75) is 0 Å². The van der Waals surface area contributed by atoms with Gasteiger partial charge in [0.25, 0.3) is 5.91 Å². The number of carbonyl (C=O) groups excluding carboxylic acids is 1. The number of nitrogens with zero attached hydrogens (tertiary/aromatic N) is 3. The minimum atomic E-state index is -0.574. The van der Waals surface area contributed by atoms with Crippen LogP contribution in [0.1, 0.15) is 10.4 Å². The van der Waals surface area contributed by atoms with Gasteiger partial charge in [-0.25, -0.2) is 9.07 Å². The van der Waals surface area contributed by atoms with Gasteiger partial charge in [0, 0.05) is 12.3 Å². The van der Waals surface area contributed by atoms with Crippen LogP contribution in [0.5, 0.6) is 0 Å². The predicted octanol–water partition coefficient (Wildman–Crippen LogP) is 1.07. The summed E-state index contributed by atoms with van der Waals surface area (Å²) in [5, 5.41) is 9.99. The Labute approximate surface area is 108 Å². The van der Waals surface area contributed by atoms with Crippen LogP contribution in [-0.4, -0.2) is 33.2 Å². The topological polar surface area (TPSA) is 59.8 Å². The number of hydrogen-bond donors (Lipinski definition) is 2. The normalized spacial score (nSPS) is 10.3. The molecule has 94 valence electrons. The number of thiol groups is 1. The number of benzene rings is 1. The number of nitrogens with one attached hydrogen (secondary N) is 1. The van der Waals surface area contributed by atoms with E-state index in [2.05, 4.69) is 28.3 Å². The molecular weight excluding hydrogens is 255 g/mol. The van der Waals surface area contributed by atoms with Gasteiger partial charge in [-0.3, -0.25) is 4.79 Å². The van der Waals surface area contributed by atoms with E-state index in [1.807, 2.05) is 0 Å². The number of amides is 1. The maximum absolute atomic E-state index is 13.6. The average molecular weight is 266 g/mol. The average Bonchev–Trinajstić information content (AvgIpc) is 2.90. The van der Waals surface area contributed by atoms with Gasteiger partial charge >= 0.3 is 0 Å². The molecule has 1 aromatic carbocycles. The lowest BCUT2D eigenvalue weighted by molar-refractivity contribution is 0.0952. The molecule has 0 atom stereocenters. The fraction of sp³-hybridized carbons (Fsp3) is 0.182.